The fraction of sp³-hybridized carbons (Fsp3) is 0.500. The summed E-state index contributed by atoms with van der Waals surface area (Å²) in [7, 11) is 0. The SMILES string of the molecule is CCNC(=NCCSC)NCCc1cccc(F)c1.I. The van der Waals surface area contributed by atoms with Gasteiger partial charge in [-0.25, -0.2) is 4.39 Å². The van der Waals surface area contributed by atoms with Gasteiger partial charge < -0.3 is 10.6 Å². The van der Waals surface area contributed by atoms with E-state index in [9.17, 15) is 4.39 Å². The van der Waals surface area contributed by atoms with E-state index >= 15 is 0 Å². The van der Waals surface area contributed by atoms with Crippen LogP contribution in [0.15, 0.2) is 29.3 Å². The second-order valence-corrected chi connectivity index (χ2v) is 5.05. The number of thioether (sulfide) groups is 1. The van der Waals surface area contributed by atoms with E-state index < -0.39 is 0 Å². The van der Waals surface area contributed by atoms with Gasteiger partial charge in [-0.1, -0.05) is 12.1 Å². The van der Waals surface area contributed by atoms with E-state index in [2.05, 4.69) is 21.9 Å². The zero-order chi connectivity index (χ0) is 13.9. The normalized spacial score (nSPS) is 10.8. The molecule has 3 nitrogen and oxygen atoms in total. The van der Waals surface area contributed by atoms with Gasteiger partial charge in [-0.3, -0.25) is 4.99 Å². The molecule has 2 N–H and O–H groups in total. The topological polar surface area (TPSA) is 36.4 Å². The molecular formula is C14H23FIN3S. The van der Waals surface area contributed by atoms with Gasteiger partial charge >= 0.3 is 0 Å². The van der Waals surface area contributed by atoms with Crippen LogP contribution in [0.1, 0.15) is 12.5 Å². The molecule has 1 aromatic carbocycles. The third-order valence-electron chi connectivity index (χ3n) is 2.50. The summed E-state index contributed by atoms with van der Waals surface area (Å²) in [6, 6.07) is 6.70. The number of nitrogens with zero attached hydrogens (tertiary/aromatic N) is 1. The summed E-state index contributed by atoms with van der Waals surface area (Å²) < 4.78 is 13.0. The van der Waals surface area contributed by atoms with E-state index in [1.54, 1.807) is 23.9 Å². The molecule has 1 rings (SSSR count). The summed E-state index contributed by atoms with van der Waals surface area (Å²) in [5.74, 6) is 1.66. The second-order valence-electron chi connectivity index (χ2n) is 4.06. The van der Waals surface area contributed by atoms with Crippen molar-refractivity contribution < 1.29 is 4.39 Å². The maximum atomic E-state index is 13.0. The van der Waals surface area contributed by atoms with E-state index in [0.717, 1.165) is 43.3 Å². The average molecular weight is 411 g/mol. The average Bonchev–Trinajstić information content (AvgIpc) is 2.39. The van der Waals surface area contributed by atoms with Crippen molar-refractivity contribution >= 4 is 41.7 Å². The summed E-state index contributed by atoms with van der Waals surface area (Å²) >= 11 is 1.78. The van der Waals surface area contributed by atoms with Gasteiger partial charge in [-0.2, -0.15) is 11.8 Å². The number of nitrogens with one attached hydrogen (secondary N) is 2. The van der Waals surface area contributed by atoms with Crippen LogP contribution in [0.25, 0.3) is 0 Å². The van der Waals surface area contributed by atoms with Gasteiger partial charge in [-0.15, -0.1) is 24.0 Å². The minimum Gasteiger partial charge on any atom is -0.357 e. The summed E-state index contributed by atoms with van der Waals surface area (Å²) in [5, 5.41) is 6.45. The number of hydrogen-bond donors (Lipinski definition) is 2. The summed E-state index contributed by atoms with van der Waals surface area (Å²) in [5.41, 5.74) is 0.993. The molecule has 0 amide bonds. The Labute approximate surface area is 142 Å². The third-order valence-corrected chi connectivity index (χ3v) is 3.10. The number of hydrogen-bond acceptors (Lipinski definition) is 2. The molecule has 0 saturated carbocycles. The Hall–Kier alpha value is -0.500. The second kappa shape index (κ2) is 12.3. The molecule has 0 aromatic heterocycles. The number of aliphatic imine (C=N–C) groups is 1. The van der Waals surface area contributed by atoms with Crippen LogP contribution in [0.4, 0.5) is 4.39 Å². The molecule has 0 spiro atoms. The smallest absolute Gasteiger partial charge is 0.191 e. The van der Waals surface area contributed by atoms with Gasteiger partial charge in [0.1, 0.15) is 5.82 Å². The van der Waals surface area contributed by atoms with Gasteiger partial charge in [0.25, 0.3) is 0 Å². The van der Waals surface area contributed by atoms with Crippen LogP contribution in [-0.4, -0.2) is 37.6 Å². The van der Waals surface area contributed by atoms with Crippen LogP contribution in [0.2, 0.25) is 0 Å². The van der Waals surface area contributed by atoms with Crippen molar-refractivity contribution in [2.75, 3.05) is 31.6 Å². The first kappa shape index (κ1) is 19.5. The van der Waals surface area contributed by atoms with Gasteiger partial charge in [0.2, 0.25) is 0 Å². The maximum absolute atomic E-state index is 13.0. The van der Waals surface area contributed by atoms with Crippen molar-refractivity contribution in [3.8, 4) is 0 Å². The van der Waals surface area contributed by atoms with Crippen LogP contribution in [0, 0.1) is 5.82 Å². The van der Waals surface area contributed by atoms with E-state index in [-0.39, 0.29) is 29.8 Å². The van der Waals surface area contributed by atoms with Crippen molar-refractivity contribution in [2.24, 2.45) is 4.99 Å². The fourth-order valence-electron chi connectivity index (χ4n) is 1.61. The first-order valence-electron chi connectivity index (χ1n) is 6.51. The van der Waals surface area contributed by atoms with Crippen molar-refractivity contribution in [2.45, 2.75) is 13.3 Å². The molecule has 1 aromatic rings. The Balaban J connectivity index is 0.00000361. The maximum Gasteiger partial charge on any atom is 0.191 e. The highest BCUT2D eigenvalue weighted by atomic mass is 127. The van der Waals surface area contributed by atoms with Crippen LogP contribution in [0.5, 0.6) is 0 Å². The standard InChI is InChI=1S/C14H22FN3S.HI/c1-3-16-14(18-9-10-19-2)17-8-7-12-5-4-6-13(15)11-12;/h4-6,11H,3,7-10H2,1-2H3,(H2,16,17,18);1H. The molecule has 0 heterocycles. The molecule has 114 valence electrons. The largest absolute Gasteiger partial charge is 0.357 e. The molecule has 6 heteroatoms. The number of benzene rings is 1. The zero-order valence-electron chi connectivity index (χ0n) is 12.0. The lowest BCUT2D eigenvalue weighted by molar-refractivity contribution is 0.625. The lowest BCUT2D eigenvalue weighted by atomic mass is 10.1. The Bertz CT molecular complexity index is 402. The molecule has 0 aliphatic rings. The number of rotatable bonds is 7. The van der Waals surface area contributed by atoms with Gasteiger partial charge in [0.05, 0.1) is 6.54 Å². The molecule has 0 aliphatic carbocycles. The highest BCUT2D eigenvalue weighted by molar-refractivity contribution is 14.0. The molecule has 0 aliphatic heterocycles. The Morgan fingerprint density at radius 1 is 1.35 bits per heavy atom. The first-order valence-corrected chi connectivity index (χ1v) is 7.91. The molecule has 0 saturated heterocycles. The van der Waals surface area contributed by atoms with Crippen LogP contribution in [-0.2, 0) is 6.42 Å². The van der Waals surface area contributed by atoms with Crippen LogP contribution in [0.3, 0.4) is 0 Å². The Morgan fingerprint density at radius 3 is 2.80 bits per heavy atom. The summed E-state index contributed by atoms with van der Waals surface area (Å²) in [6.45, 7) is 4.43. The summed E-state index contributed by atoms with van der Waals surface area (Å²) in [4.78, 5) is 4.45. The van der Waals surface area contributed by atoms with E-state index in [0.29, 0.717) is 0 Å². The lowest BCUT2D eigenvalue weighted by Crippen LogP contribution is -2.38. The first-order chi connectivity index (χ1) is 9.26. The van der Waals surface area contributed by atoms with Crippen molar-refractivity contribution in [1.29, 1.82) is 0 Å². The molecule has 0 fully saturated rings. The van der Waals surface area contributed by atoms with Crippen molar-refractivity contribution in [1.82, 2.24) is 10.6 Å². The quantitative estimate of drug-likeness (QED) is 0.314. The predicted molar refractivity (Wildman–Crippen MR) is 97.9 cm³/mol. The zero-order valence-corrected chi connectivity index (χ0v) is 15.1. The molecule has 0 unspecified atom stereocenters. The van der Waals surface area contributed by atoms with Gasteiger partial charge in [0.15, 0.2) is 5.96 Å². The minimum absolute atomic E-state index is 0. The van der Waals surface area contributed by atoms with Crippen LogP contribution >= 0.6 is 35.7 Å². The van der Waals surface area contributed by atoms with Gasteiger partial charge in [0, 0.05) is 18.8 Å². The lowest BCUT2D eigenvalue weighted by Gasteiger charge is -2.11. The Kier molecular flexibility index (Phi) is 12.0. The van der Waals surface area contributed by atoms with Crippen LogP contribution < -0.4 is 10.6 Å². The number of halogens is 2. The fourth-order valence-corrected chi connectivity index (χ4v) is 1.88. The highest BCUT2D eigenvalue weighted by Crippen LogP contribution is 2.03. The van der Waals surface area contributed by atoms with E-state index in [1.165, 1.54) is 6.07 Å². The van der Waals surface area contributed by atoms with E-state index in [4.69, 9.17) is 0 Å². The van der Waals surface area contributed by atoms with Gasteiger partial charge in [-0.05, 0) is 37.3 Å². The minimum atomic E-state index is -0.182. The molecular weight excluding hydrogens is 388 g/mol. The third kappa shape index (κ3) is 8.63. The molecule has 0 atom stereocenters. The monoisotopic (exact) mass is 411 g/mol. The Morgan fingerprint density at radius 2 is 2.15 bits per heavy atom. The van der Waals surface area contributed by atoms with Crippen molar-refractivity contribution in [3.05, 3.63) is 35.6 Å². The van der Waals surface area contributed by atoms with E-state index in [1.807, 2.05) is 13.0 Å². The predicted octanol–water partition coefficient (Wildman–Crippen LogP) is 2.90. The summed E-state index contributed by atoms with van der Waals surface area (Å²) in [6.07, 6.45) is 2.85. The molecule has 20 heavy (non-hydrogen) atoms. The van der Waals surface area contributed by atoms with Crippen molar-refractivity contribution in [3.63, 3.8) is 0 Å². The number of guanidine groups is 1. The molecule has 0 bridgehead atoms. The molecule has 0 radical (unpaired) electrons. The highest BCUT2D eigenvalue weighted by Gasteiger charge is 1.98.